The van der Waals surface area contributed by atoms with Gasteiger partial charge in [0.25, 0.3) is 0 Å². The summed E-state index contributed by atoms with van der Waals surface area (Å²) in [5.74, 6) is 0.757. The topological polar surface area (TPSA) is 12.5 Å². The third kappa shape index (κ3) is 2.53. The third-order valence-corrected chi connectivity index (χ3v) is 4.43. The van der Waals surface area contributed by atoms with Crippen molar-refractivity contribution in [3.63, 3.8) is 0 Å². The van der Waals surface area contributed by atoms with Crippen molar-refractivity contribution >= 4 is 0 Å². The van der Waals surface area contributed by atoms with Gasteiger partial charge in [0.05, 0.1) is 6.61 Å². The SMILES string of the molecule is CC(C)(C)C1CC2COCCC2N1C(C)(C)C. The van der Waals surface area contributed by atoms with Crippen molar-refractivity contribution in [1.82, 2.24) is 4.90 Å². The van der Waals surface area contributed by atoms with Gasteiger partial charge in [-0.2, -0.15) is 0 Å². The first kappa shape index (κ1) is 13.4. The number of ether oxygens (including phenoxy) is 1. The van der Waals surface area contributed by atoms with Crippen LogP contribution in [-0.2, 0) is 4.74 Å². The van der Waals surface area contributed by atoms with E-state index in [-0.39, 0.29) is 5.54 Å². The molecular formula is C15H29NO. The summed E-state index contributed by atoms with van der Waals surface area (Å²) < 4.78 is 5.68. The van der Waals surface area contributed by atoms with Crippen molar-refractivity contribution in [2.45, 2.75) is 72.0 Å². The molecule has 0 radical (unpaired) electrons. The van der Waals surface area contributed by atoms with E-state index < -0.39 is 0 Å². The zero-order chi connectivity index (χ0) is 12.8. The summed E-state index contributed by atoms with van der Waals surface area (Å²) in [6.07, 6.45) is 2.53. The van der Waals surface area contributed by atoms with E-state index in [2.05, 4.69) is 46.4 Å². The molecule has 0 saturated carbocycles. The quantitative estimate of drug-likeness (QED) is 0.643. The minimum Gasteiger partial charge on any atom is -0.381 e. The Bertz CT molecular complexity index is 274. The lowest BCUT2D eigenvalue weighted by Gasteiger charge is -2.47. The maximum atomic E-state index is 5.68. The van der Waals surface area contributed by atoms with Crippen LogP contribution in [0.1, 0.15) is 54.4 Å². The van der Waals surface area contributed by atoms with E-state index in [1.807, 2.05) is 0 Å². The third-order valence-electron chi connectivity index (χ3n) is 4.43. The van der Waals surface area contributed by atoms with E-state index in [4.69, 9.17) is 4.74 Å². The Morgan fingerprint density at radius 2 is 1.71 bits per heavy atom. The van der Waals surface area contributed by atoms with E-state index in [0.717, 1.165) is 25.2 Å². The van der Waals surface area contributed by atoms with Crippen LogP contribution >= 0.6 is 0 Å². The lowest BCUT2D eigenvalue weighted by atomic mass is 9.82. The number of likely N-dealkylation sites (tertiary alicyclic amines) is 1. The van der Waals surface area contributed by atoms with Crippen LogP contribution in [-0.4, -0.2) is 35.7 Å². The van der Waals surface area contributed by atoms with Crippen LogP contribution < -0.4 is 0 Å². The summed E-state index contributed by atoms with van der Waals surface area (Å²) >= 11 is 0. The van der Waals surface area contributed by atoms with E-state index in [1.54, 1.807) is 0 Å². The average Bonchev–Trinajstić information content (AvgIpc) is 2.54. The Kier molecular flexibility index (Phi) is 3.33. The summed E-state index contributed by atoms with van der Waals surface area (Å²) in [5.41, 5.74) is 0.638. The lowest BCUT2D eigenvalue weighted by Crippen LogP contribution is -2.54. The van der Waals surface area contributed by atoms with Crippen LogP contribution in [0, 0.1) is 11.3 Å². The molecule has 0 aromatic rings. The molecule has 2 aliphatic heterocycles. The molecule has 0 aromatic carbocycles. The Balaban J connectivity index is 2.27. The highest BCUT2D eigenvalue weighted by Crippen LogP contribution is 2.45. The van der Waals surface area contributed by atoms with Gasteiger partial charge >= 0.3 is 0 Å². The van der Waals surface area contributed by atoms with E-state index >= 15 is 0 Å². The van der Waals surface area contributed by atoms with Crippen molar-refractivity contribution in [3.8, 4) is 0 Å². The standard InChI is InChI=1S/C15H29NO/c1-14(2,3)13-9-11-10-17-8-7-12(11)16(13)15(4,5)6/h11-13H,7-10H2,1-6H3. The fourth-order valence-corrected chi connectivity index (χ4v) is 3.74. The van der Waals surface area contributed by atoms with Gasteiger partial charge in [0.15, 0.2) is 0 Å². The molecule has 0 spiro atoms. The maximum Gasteiger partial charge on any atom is 0.0509 e. The molecule has 0 N–H and O–H groups in total. The number of nitrogens with zero attached hydrogens (tertiary/aromatic N) is 1. The molecule has 2 aliphatic rings. The molecule has 2 fully saturated rings. The van der Waals surface area contributed by atoms with Gasteiger partial charge in [-0.05, 0) is 44.9 Å². The normalized spacial score (nSPS) is 36.0. The predicted molar refractivity (Wildman–Crippen MR) is 72.2 cm³/mol. The molecule has 2 heteroatoms. The average molecular weight is 239 g/mol. The first-order valence-corrected chi connectivity index (χ1v) is 7.07. The highest BCUT2D eigenvalue weighted by Gasteiger charge is 2.50. The first-order chi connectivity index (χ1) is 7.71. The predicted octanol–water partition coefficient (Wildman–Crippen LogP) is 3.31. The first-order valence-electron chi connectivity index (χ1n) is 7.07. The minimum atomic E-state index is 0.273. The second-order valence-electron chi connectivity index (χ2n) is 7.89. The second kappa shape index (κ2) is 4.24. The molecule has 0 aromatic heterocycles. The Hall–Kier alpha value is -0.0800. The van der Waals surface area contributed by atoms with Crippen LogP contribution in [0.15, 0.2) is 0 Å². The molecule has 0 amide bonds. The Labute approximate surface area is 107 Å². The van der Waals surface area contributed by atoms with Gasteiger partial charge in [0.2, 0.25) is 0 Å². The van der Waals surface area contributed by atoms with Crippen molar-refractivity contribution < 1.29 is 4.74 Å². The second-order valence-corrected chi connectivity index (χ2v) is 7.89. The number of fused-ring (bicyclic) bond motifs is 1. The highest BCUT2D eigenvalue weighted by molar-refractivity contribution is 5.03. The van der Waals surface area contributed by atoms with Crippen molar-refractivity contribution in [1.29, 1.82) is 0 Å². The van der Waals surface area contributed by atoms with E-state index in [9.17, 15) is 0 Å². The molecule has 2 saturated heterocycles. The van der Waals surface area contributed by atoms with Gasteiger partial charge in [-0.3, -0.25) is 4.90 Å². The number of rotatable bonds is 0. The van der Waals surface area contributed by atoms with Gasteiger partial charge in [-0.15, -0.1) is 0 Å². The molecule has 100 valence electrons. The van der Waals surface area contributed by atoms with Crippen LogP contribution in [0.4, 0.5) is 0 Å². The number of hydrogen-bond acceptors (Lipinski definition) is 2. The molecule has 2 nitrogen and oxygen atoms in total. The smallest absolute Gasteiger partial charge is 0.0509 e. The zero-order valence-electron chi connectivity index (χ0n) is 12.4. The fourth-order valence-electron chi connectivity index (χ4n) is 3.74. The van der Waals surface area contributed by atoms with Crippen LogP contribution in [0.2, 0.25) is 0 Å². The van der Waals surface area contributed by atoms with Crippen LogP contribution in [0.5, 0.6) is 0 Å². The summed E-state index contributed by atoms with van der Waals surface area (Å²) in [4.78, 5) is 2.79. The lowest BCUT2D eigenvalue weighted by molar-refractivity contribution is -0.0234. The van der Waals surface area contributed by atoms with Gasteiger partial charge in [0.1, 0.15) is 0 Å². The van der Waals surface area contributed by atoms with Gasteiger partial charge in [-0.1, -0.05) is 20.8 Å². The molecule has 3 unspecified atom stereocenters. The number of hydrogen-bond donors (Lipinski definition) is 0. The molecule has 3 atom stereocenters. The van der Waals surface area contributed by atoms with E-state index in [1.165, 1.54) is 12.8 Å². The molecule has 2 rings (SSSR count). The molecular weight excluding hydrogens is 210 g/mol. The van der Waals surface area contributed by atoms with Gasteiger partial charge in [0, 0.05) is 24.2 Å². The molecule has 0 bridgehead atoms. The monoisotopic (exact) mass is 239 g/mol. The Morgan fingerprint density at radius 3 is 2.24 bits per heavy atom. The maximum absolute atomic E-state index is 5.68. The van der Waals surface area contributed by atoms with Crippen molar-refractivity contribution in [2.24, 2.45) is 11.3 Å². The molecule has 2 heterocycles. The fraction of sp³-hybridized carbons (Fsp3) is 1.00. The summed E-state index contributed by atoms with van der Waals surface area (Å²) in [5, 5.41) is 0. The largest absolute Gasteiger partial charge is 0.381 e. The van der Waals surface area contributed by atoms with Crippen molar-refractivity contribution in [2.75, 3.05) is 13.2 Å². The summed E-state index contributed by atoms with van der Waals surface area (Å²) in [6.45, 7) is 16.2. The van der Waals surface area contributed by atoms with Crippen LogP contribution in [0.25, 0.3) is 0 Å². The van der Waals surface area contributed by atoms with Crippen molar-refractivity contribution in [3.05, 3.63) is 0 Å². The van der Waals surface area contributed by atoms with Gasteiger partial charge < -0.3 is 4.74 Å². The highest BCUT2D eigenvalue weighted by atomic mass is 16.5. The summed E-state index contributed by atoms with van der Waals surface area (Å²) in [7, 11) is 0. The molecule has 0 aliphatic carbocycles. The minimum absolute atomic E-state index is 0.273. The molecule has 17 heavy (non-hydrogen) atoms. The van der Waals surface area contributed by atoms with Gasteiger partial charge in [-0.25, -0.2) is 0 Å². The zero-order valence-corrected chi connectivity index (χ0v) is 12.4. The summed E-state index contributed by atoms with van der Waals surface area (Å²) in [6, 6.07) is 1.44. The van der Waals surface area contributed by atoms with Crippen LogP contribution in [0.3, 0.4) is 0 Å². The Morgan fingerprint density at radius 1 is 1.06 bits per heavy atom. The van der Waals surface area contributed by atoms with E-state index in [0.29, 0.717) is 11.5 Å².